The molecule has 0 aromatic carbocycles. The molecule has 0 saturated carbocycles. The van der Waals surface area contributed by atoms with Crippen molar-refractivity contribution in [2.75, 3.05) is 5.84 Å². The first-order chi connectivity index (χ1) is 5.25. The van der Waals surface area contributed by atoms with Gasteiger partial charge in [0.1, 0.15) is 0 Å². The molecular weight excluding hydrogens is 178 g/mol. The number of nitrogens with two attached hydrogens (primary N) is 1. The first kappa shape index (κ1) is 6.75. The molecule has 0 radical (unpaired) electrons. The summed E-state index contributed by atoms with van der Waals surface area (Å²) in [5.74, 6) is 5.49. The van der Waals surface area contributed by atoms with E-state index in [9.17, 15) is 0 Å². The number of hydrogen-bond donors (Lipinski definition) is 1. The molecule has 11 heavy (non-hydrogen) atoms. The summed E-state index contributed by atoms with van der Waals surface area (Å²) >= 11 is 6.38. The Hall–Kier alpha value is -0.940. The Bertz CT molecular complexity index is 403. The van der Waals surface area contributed by atoms with Crippen LogP contribution < -0.4 is 5.84 Å². The van der Waals surface area contributed by atoms with Crippen molar-refractivity contribution in [2.24, 2.45) is 0 Å². The average molecular weight is 183 g/mol. The minimum atomic E-state index is 0.659. The molecule has 2 N–H and O–H groups in total. The van der Waals surface area contributed by atoms with Crippen LogP contribution in [-0.4, -0.2) is 9.66 Å². The van der Waals surface area contributed by atoms with Gasteiger partial charge in [-0.1, -0.05) is 0 Å². The van der Waals surface area contributed by atoms with E-state index >= 15 is 0 Å². The summed E-state index contributed by atoms with van der Waals surface area (Å²) in [5, 5.41) is 0. The van der Waals surface area contributed by atoms with Crippen molar-refractivity contribution in [3.8, 4) is 10.6 Å². The molecule has 0 amide bonds. The predicted octanol–water partition coefficient (Wildman–Crippen LogP) is 1.49. The van der Waals surface area contributed by atoms with E-state index in [-0.39, 0.29) is 0 Å². The predicted molar refractivity (Wildman–Crippen MR) is 47.7 cm³/mol. The van der Waals surface area contributed by atoms with Crippen LogP contribution in [0.4, 0.5) is 0 Å². The molecule has 0 saturated heterocycles. The number of nitrogens with zero attached hydrogens (tertiary/aromatic N) is 2. The highest BCUT2D eigenvalue weighted by Gasteiger charge is 2.04. The van der Waals surface area contributed by atoms with Gasteiger partial charge in [0, 0.05) is 12.4 Å². The molecule has 0 aromatic heterocycles. The lowest BCUT2D eigenvalue weighted by Gasteiger charge is -1.98. The summed E-state index contributed by atoms with van der Waals surface area (Å²) in [6, 6.07) is 1.85. The van der Waals surface area contributed by atoms with Crippen molar-refractivity contribution < 1.29 is 0 Å². The fourth-order valence-corrected chi connectivity index (χ4v) is 1.96. The minimum absolute atomic E-state index is 0.659. The van der Waals surface area contributed by atoms with E-state index in [0.29, 0.717) is 3.95 Å². The number of rotatable bonds is 0. The Morgan fingerprint density at radius 1 is 1.64 bits per heavy atom. The van der Waals surface area contributed by atoms with Crippen LogP contribution >= 0.6 is 23.6 Å². The second-order valence-electron chi connectivity index (χ2n) is 2.12. The zero-order valence-corrected chi connectivity index (χ0v) is 7.15. The first-order valence-corrected chi connectivity index (χ1v) is 4.22. The van der Waals surface area contributed by atoms with Gasteiger partial charge in [-0.15, -0.1) is 11.3 Å². The van der Waals surface area contributed by atoms with E-state index < -0.39 is 0 Å². The smallest absolute Gasteiger partial charge is 0.181 e. The first-order valence-electron chi connectivity index (χ1n) is 2.99. The highest BCUT2D eigenvalue weighted by Crippen LogP contribution is 2.24. The maximum absolute atomic E-state index is 5.49. The van der Waals surface area contributed by atoms with Gasteiger partial charge in [0.25, 0.3) is 0 Å². The summed E-state index contributed by atoms with van der Waals surface area (Å²) in [6.07, 6.45) is 3.56. The van der Waals surface area contributed by atoms with Crippen LogP contribution in [0.15, 0.2) is 18.5 Å². The SMILES string of the molecule is Nn1ccc2nc(=S)sc-2c1. The van der Waals surface area contributed by atoms with E-state index in [1.807, 2.05) is 12.3 Å². The molecule has 0 fully saturated rings. The Kier molecular flexibility index (Phi) is 1.40. The third-order valence-electron chi connectivity index (χ3n) is 1.33. The molecule has 5 heteroatoms. The highest BCUT2D eigenvalue weighted by molar-refractivity contribution is 7.73. The van der Waals surface area contributed by atoms with Crippen molar-refractivity contribution in [3.05, 3.63) is 22.4 Å². The van der Waals surface area contributed by atoms with Crippen molar-refractivity contribution in [1.29, 1.82) is 0 Å². The lowest BCUT2D eigenvalue weighted by molar-refractivity contribution is 0.991. The van der Waals surface area contributed by atoms with E-state index in [0.717, 1.165) is 10.6 Å². The molecule has 2 rings (SSSR count). The molecule has 0 unspecified atom stereocenters. The standard InChI is InChI=1S/C6H5N3S2/c7-9-2-1-4-5(3-9)11-6(10)8-4/h1-3H,7H2. The van der Waals surface area contributed by atoms with Crippen LogP contribution in [0.2, 0.25) is 0 Å². The monoisotopic (exact) mass is 183 g/mol. The second kappa shape index (κ2) is 2.28. The lowest BCUT2D eigenvalue weighted by Crippen LogP contribution is -2.07. The molecule has 3 nitrogen and oxygen atoms in total. The minimum Gasteiger partial charge on any atom is -0.340 e. The highest BCUT2D eigenvalue weighted by atomic mass is 32.1. The van der Waals surface area contributed by atoms with Crippen molar-refractivity contribution in [3.63, 3.8) is 0 Å². The molecule has 2 aliphatic rings. The molecule has 0 aliphatic carbocycles. The summed E-state index contributed by atoms with van der Waals surface area (Å²) < 4.78 is 2.15. The Morgan fingerprint density at radius 2 is 2.45 bits per heavy atom. The molecule has 0 aromatic rings. The van der Waals surface area contributed by atoms with Gasteiger partial charge in [0.15, 0.2) is 3.95 Å². The van der Waals surface area contributed by atoms with Crippen LogP contribution in [0.5, 0.6) is 0 Å². The Balaban J connectivity index is 2.82. The Labute approximate surface area is 72.4 Å². The van der Waals surface area contributed by atoms with E-state index in [2.05, 4.69) is 4.98 Å². The number of pyridine rings is 1. The fraction of sp³-hybridized carbons (Fsp3) is 0. The van der Waals surface area contributed by atoms with E-state index in [1.165, 1.54) is 16.0 Å². The van der Waals surface area contributed by atoms with E-state index in [4.69, 9.17) is 18.1 Å². The molecule has 2 heterocycles. The normalized spacial score (nSPS) is 10.5. The Morgan fingerprint density at radius 3 is 3.27 bits per heavy atom. The third-order valence-corrected chi connectivity index (χ3v) is 2.47. The third kappa shape index (κ3) is 1.12. The van der Waals surface area contributed by atoms with Gasteiger partial charge in [-0.05, 0) is 18.3 Å². The molecule has 0 atom stereocenters. The van der Waals surface area contributed by atoms with Crippen LogP contribution in [0.25, 0.3) is 10.6 Å². The summed E-state index contributed by atoms with van der Waals surface area (Å²) in [4.78, 5) is 5.15. The second-order valence-corrected chi connectivity index (χ2v) is 3.80. The number of fused-ring (bicyclic) bond motifs is 1. The van der Waals surface area contributed by atoms with Gasteiger partial charge < -0.3 is 5.84 Å². The maximum atomic E-state index is 5.49. The number of aromatic nitrogens is 2. The molecule has 56 valence electrons. The van der Waals surface area contributed by atoms with Crippen molar-refractivity contribution in [2.45, 2.75) is 0 Å². The van der Waals surface area contributed by atoms with Crippen LogP contribution in [-0.2, 0) is 0 Å². The fourth-order valence-electron chi connectivity index (χ4n) is 0.870. The molecular formula is C6H5N3S2. The largest absolute Gasteiger partial charge is 0.340 e. The maximum Gasteiger partial charge on any atom is 0.181 e. The van der Waals surface area contributed by atoms with Crippen LogP contribution in [0.3, 0.4) is 0 Å². The summed E-state index contributed by atoms with van der Waals surface area (Å²) in [5.41, 5.74) is 0.918. The van der Waals surface area contributed by atoms with Crippen molar-refractivity contribution >= 4 is 23.6 Å². The van der Waals surface area contributed by atoms with Crippen molar-refractivity contribution in [1.82, 2.24) is 9.66 Å². The number of nitrogen functional groups attached to an aromatic ring is 1. The number of hydrogen-bond acceptors (Lipinski definition) is 4. The lowest BCUT2D eigenvalue weighted by atomic mass is 10.3. The van der Waals surface area contributed by atoms with Crippen LogP contribution in [0.1, 0.15) is 0 Å². The van der Waals surface area contributed by atoms with Crippen LogP contribution in [0, 0.1) is 3.95 Å². The van der Waals surface area contributed by atoms with Gasteiger partial charge in [-0.2, -0.15) is 0 Å². The average Bonchev–Trinajstić information content (AvgIpc) is 2.27. The van der Waals surface area contributed by atoms with Gasteiger partial charge in [0.2, 0.25) is 0 Å². The van der Waals surface area contributed by atoms with Gasteiger partial charge >= 0.3 is 0 Å². The van der Waals surface area contributed by atoms with E-state index in [1.54, 1.807) is 6.20 Å². The number of thiazole rings is 1. The molecule has 0 bridgehead atoms. The quantitative estimate of drug-likeness (QED) is 0.497. The molecule has 0 spiro atoms. The molecule has 2 aliphatic heterocycles. The van der Waals surface area contributed by atoms with Gasteiger partial charge in [-0.3, -0.25) is 4.68 Å². The summed E-state index contributed by atoms with van der Waals surface area (Å²) in [7, 11) is 0. The topological polar surface area (TPSA) is 43.8 Å². The zero-order chi connectivity index (χ0) is 7.84. The summed E-state index contributed by atoms with van der Waals surface area (Å²) in [6.45, 7) is 0. The van der Waals surface area contributed by atoms with Gasteiger partial charge in [0.05, 0.1) is 10.6 Å². The zero-order valence-electron chi connectivity index (χ0n) is 5.52. The van der Waals surface area contributed by atoms with Gasteiger partial charge in [-0.25, -0.2) is 4.98 Å².